The molecular weight excluding hydrogens is 402 g/mol. The summed E-state index contributed by atoms with van der Waals surface area (Å²) in [6.07, 6.45) is 0. The number of anilines is 1. The first kappa shape index (κ1) is 19.4. The van der Waals surface area contributed by atoms with E-state index in [1.807, 2.05) is 36.4 Å². The topological polar surface area (TPSA) is 72.7 Å². The van der Waals surface area contributed by atoms with Gasteiger partial charge in [0.1, 0.15) is 11.3 Å². The highest BCUT2D eigenvalue weighted by atomic mass is 32.2. The third-order valence-electron chi connectivity index (χ3n) is 4.16. The Morgan fingerprint density at radius 3 is 2.55 bits per heavy atom. The average Bonchev–Trinajstić information content (AvgIpc) is 3.36. The summed E-state index contributed by atoms with van der Waals surface area (Å²) < 4.78 is 2.54. The van der Waals surface area contributed by atoms with Crippen molar-refractivity contribution >= 4 is 34.8 Å². The van der Waals surface area contributed by atoms with Gasteiger partial charge >= 0.3 is 0 Å². The molecule has 0 aliphatic heterocycles. The number of carbonyl (C=O) groups is 1. The van der Waals surface area contributed by atoms with Gasteiger partial charge in [-0.3, -0.25) is 4.79 Å². The van der Waals surface area contributed by atoms with Gasteiger partial charge in [0.15, 0.2) is 4.34 Å². The van der Waals surface area contributed by atoms with E-state index in [-0.39, 0.29) is 11.7 Å². The molecule has 0 unspecified atom stereocenters. The molecule has 0 spiro atoms. The van der Waals surface area contributed by atoms with Gasteiger partial charge in [0.05, 0.1) is 17.1 Å². The third-order valence-corrected chi connectivity index (χ3v) is 6.02. The standard InChI is InChI=1S/C21H19N5OS2/c1-14-8-15(2)10-16(9-14)18-11-19(26(25-18)17-6-4-3-5-7-17)23-20(27)12-28-21-24-22-13-29-21/h3-11,13H,12H2,1-2H3,(H,23,27). The fourth-order valence-corrected chi connectivity index (χ4v) is 4.32. The van der Waals surface area contributed by atoms with Crippen molar-refractivity contribution in [3.8, 4) is 16.9 Å². The van der Waals surface area contributed by atoms with Gasteiger partial charge in [0, 0.05) is 11.6 Å². The Kier molecular flexibility index (Phi) is 5.73. The Labute approximate surface area is 177 Å². The second-order valence-corrected chi connectivity index (χ2v) is 8.64. The number of rotatable bonds is 6. The molecule has 2 heterocycles. The van der Waals surface area contributed by atoms with Crippen molar-refractivity contribution in [2.24, 2.45) is 0 Å². The summed E-state index contributed by atoms with van der Waals surface area (Å²) in [6.45, 7) is 4.14. The minimum Gasteiger partial charge on any atom is -0.310 e. The van der Waals surface area contributed by atoms with Crippen LogP contribution in [0.4, 0.5) is 5.82 Å². The van der Waals surface area contributed by atoms with Crippen molar-refractivity contribution in [2.75, 3.05) is 11.1 Å². The smallest absolute Gasteiger partial charge is 0.235 e. The Hall–Kier alpha value is -2.97. The first-order valence-electron chi connectivity index (χ1n) is 9.01. The molecule has 0 aliphatic rings. The third kappa shape index (κ3) is 4.72. The van der Waals surface area contributed by atoms with E-state index in [9.17, 15) is 4.79 Å². The number of aryl methyl sites for hydroxylation is 2. The van der Waals surface area contributed by atoms with E-state index in [1.165, 1.54) is 34.2 Å². The number of hydrogen-bond acceptors (Lipinski definition) is 6. The maximum Gasteiger partial charge on any atom is 0.235 e. The fraction of sp³-hybridized carbons (Fsp3) is 0.143. The van der Waals surface area contributed by atoms with Gasteiger partial charge in [0.25, 0.3) is 0 Å². The van der Waals surface area contributed by atoms with Crippen molar-refractivity contribution in [3.63, 3.8) is 0 Å². The maximum atomic E-state index is 12.5. The molecule has 2 aromatic carbocycles. The lowest BCUT2D eigenvalue weighted by atomic mass is 10.1. The van der Waals surface area contributed by atoms with Crippen LogP contribution in [-0.2, 0) is 4.79 Å². The first-order chi connectivity index (χ1) is 14.1. The van der Waals surface area contributed by atoms with Crippen LogP contribution >= 0.6 is 23.1 Å². The van der Waals surface area contributed by atoms with Crippen LogP contribution in [0.15, 0.2) is 64.4 Å². The van der Waals surface area contributed by atoms with Gasteiger partial charge in [-0.15, -0.1) is 10.2 Å². The number of thioether (sulfide) groups is 1. The van der Waals surface area contributed by atoms with Gasteiger partial charge in [-0.05, 0) is 38.1 Å². The molecule has 146 valence electrons. The monoisotopic (exact) mass is 421 g/mol. The summed E-state index contributed by atoms with van der Waals surface area (Å²) in [4.78, 5) is 12.5. The first-order valence-corrected chi connectivity index (χ1v) is 10.9. The van der Waals surface area contributed by atoms with Gasteiger partial charge in [-0.2, -0.15) is 5.10 Å². The van der Waals surface area contributed by atoms with Crippen molar-refractivity contribution in [2.45, 2.75) is 18.2 Å². The predicted octanol–water partition coefficient (Wildman–Crippen LogP) is 4.74. The molecule has 4 rings (SSSR count). The van der Waals surface area contributed by atoms with Crippen molar-refractivity contribution in [1.82, 2.24) is 20.0 Å². The second-order valence-electron chi connectivity index (χ2n) is 6.58. The van der Waals surface area contributed by atoms with Crippen LogP contribution < -0.4 is 5.32 Å². The molecule has 0 atom stereocenters. The summed E-state index contributed by atoms with van der Waals surface area (Å²) >= 11 is 2.78. The highest BCUT2D eigenvalue weighted by molar-refractivity contribution is 8.01. The minimum atomic E-state index is -0.116. The molecule has 0 saturated heterocycles. The molecule has 2 aromatic heterocycles. The van der Waals surface area contributed by atoms with Gasteiger partial charge in [-0.25, -0.2) is 4.68 Å². The zero-order valence-corrected chi connectivity index (χ0v) is 17.6. The summed E-state index contributed by atoms with van der Waals surface area (Å²) in [5, 5.41) is 15.5. The van der Waals surface area contributed by atoms with Crippen LogP contribution in [0, 0.1) is 13.8 Å². The molecule has 0 aliphatic carbocycles. The molecule has 1 amide bonds. The largest absolute Gasteiger partial charge is 0.310 e. The van der Waals surface area contributed by atoms with Gasteiger partial charge < -0.3 is 5.32 Å². The van der Waals surface area contributed by atoms with E-state index in [1.54, 1.807) is 10.2 Å². The zero-order chi connectivity index (χ0) is 20.2. The Balaban J connectivity index is 1.64. The Morgan fingerprint density at radius 2 is 1.86 bits per heavy atom. The van der Waals surface area contributed by atoms with Gasteiger partial charge in [-0.1, -0.05) is 58.5 Å². The number of carbonyl (C=O) groups excluding carboxylic acids is 1. The number of hydrogen-bond donors (Lipinski definition) is 1. The number of nitrogens with zero attached hydrogens (tertiary/aromatic N) is 4. The molecule has 6 nitrogen and oxygen atoms in total. The van der Waals surface area contributed by atoms with Crippen LogP contribution in [0.5, 0.6) is 0 Å². The molecule has 8 heteroatoms. The van der Waals surface area contributed by atoms with E-state index >= 15 is 0 Å². The molecule has 1 N–H and O–H groups in total. The molecule has 0 bridgehead atoms. The molecule has 4 aromatic rings. The van der Waals surface area contributed by atoms with Crippen LogP contribution in [0.2, 0.25) is 0 Å². The van der Waals surface area contributed by atoms with E-state index in [4.69, 9.17) is 5.10 Å². The fourth-order valence-electron chi connectivity index (χ4n) is 3.03. The van der Waals surface area contributed by atoms with Crippen LogP contribution in [0.3, 0.4) is 0 Å². The predicted molar refractivity (Wildman–Crippen MR) is 118 cm³/mol. The van der Waals surface area contributed by atoms with E-state index in [2.05, 4.69) is 47.6 Å². The van der Waals surface area contributed by atoms with E-state index in [0.717, 1.165) is 21.3 Å². The summed E-state index contributed by atoms with van der Waals surface area (Å²) in [7, 11) is 0. The Morgan fingerprint density at radius 1 is 1.10 bits per heavy atom. The van der Waals surface area contributed by atoms with E-state index in [0.29, 0.717) is 5.82 Å². The normalized spacial score (nSPS) is 10.8. The molecule has 0 saturated carbocycles. The number of benzene rings is 2. The number of nitrogens with one attached hydrogen (secondary N) is 1. The summed E-state index contributed by atoms with van der Waals surface area (Å²) in [6, 6.07) is 18.0. The lowest BCUT2D eigenvalue weighted by molar-refractivity contribution is -0.113. The molecule has 29 heavy (non-hydrogen) atoms. The molecular formula is C21H19N5OS2. The molecule has 0 radical (unpaired) electrons. The maximum absolute atomic E-state index is 12.5. The average molecular weight is 422 g/mol. The van der Waals surface area contributed by atoms with Crippen molar-refractivity contribution in [3.05, 3.63) is 71.2 Å². The summed E-state index contributed by atoms with van der Waals surface area (Å²) in [5.41, 5.74) is 6.72. The van der Waals surface area contributed by atoms with Crippen LogP contribution in [-0.4, -0.2) is 31.6 Å². The SMILES string of the molecule is Cc1cc(C)cc(-c2cc(NC(=O)CSc3nncs3)n(-c3ccccc3)n2)c1. The Bertz CT molecular complexity index is 1100. The van der Waals surface area contributed by atoms with Crippen LogP contribution in [0.25, 0.3) is 16.9 Å². The highest BCUT2D eigenvalue weighted by Crippen LogP contribution is 2.27. The molecule has 0 fully saturated rings. The van der Waals surface area contributed by atoms with Crippen molar-refractivity contribution < 1.29 is 4.79 Å². The van der Waals surface area contributed by atoms with Gasteiger partial charge in [0.2, 0.25) is 5.91 Å². The lowest BCUT2D eigenvalue weighted by Gasteiger charge is -2.08. The van der Waals surface area contributed by atoms with E-state index < -0.39 is 0 Å². The number of aromatic nitrogens is 4. The van der Waals surface area contributed by atoms with Crippen molar-refractivity contribution in [1.29, 1.82) is 0 Å². The number of amides is 1. The van der Waals surface area contributed by atoms with Crippen LogP contribution in [0.1, 0.15) is 11.1 Å². The number of para-hydroxylation sites is 1. The quantitative estimate of drug-likeness (QED) is 0.455. The zero-order valence-electron chi connectivity index (χ0n) is 16.0. The lowest BCUT2D eigenvalue weighted by Crippen LogP contribution is -2.16. The minimum absolute atomic E-state index is 0.116. The summed E-state index contributed by atoms with van der Waals surface area (Å²) in [5.74, 6) is 0.774. The highest BCUT2D eigenvalue weighted by Gasteiger charge is 2.15. The second kappa shape index (κ2) is 8.59.